The number of nitrogens with one attached hydrogen (secondary N) is 2. The van der Waals surface area contributed by atoms with Crippen LogP contribution in [0.2, 0.25) is 0 Å². The smallest absolute Gasteiger partial charge is 0.269 e. The van der Waals surface area contributed by atoms with Gasteiger partial charge in [0.05, 0.1) is 6.42 Å². The fourth-order valence-corrected chi connectivity index (χ4v) is 3.74. The van der Waals surface area contributed by atoms with Gasteiger partial charge < -0.3 is 4.90 Å². The average Bonchev–Trinajstić information content (AvgIpc) is 2.73. The Kier molecular flexibility index (Phi) is 6.69. The molecule has 0 saturated heterocycles. The van der Waals surface area contributed by atoms with E-state index in [1.807, 2.05) is 18.2 Å². The molecule has 0 heterocycles. The van der Waals surface area contributed by atoms with Crippen molar-refractivity contribution in [3.63, 3.8) is 0 Å². The molecule has 2 aromatic carbocycles. The van der Waals surface area contributed by atoms with Gasteiger partial charge >= 0.3 is 0 Å². The quantitative estimate of drug-likeness (QED) is 0.756. The molecule has 0 bridgehead atoms. The standard InChI is InChI=1S/C23H29N3O2/c1-3-26(4-2)21-13-11-19(12-14-21)23(28)25-24-22(27)16-17-9-10-18-7-5-6-8-20(18)15-17/h9-15H,3-8,16H2,1-2H3,(H,24,27)(H,25,28). The van der Waals surface area contributed by atoms with Crippen molar-refractivity contribution in [1.29, 1.82) is 0 Å². The molecule has 3 rings (SSSR count). The summed E-state index contributed by atoms with van der Waals surface area (Å²) in [5, 5.41) is 0. The van der Waals surface area contributed by atoms with Crippen LogP contribution < -0.4 is 15.8 Å². The number of carbonyl (C=O) groups is 2. The van der Waals surface area contributed by atoms with E-state index in [4.69, 9.17) is 0 Å². The minimum atomic E-state index is -0.315. The number of nitrogens with zero attached hydrogens (tertiary/aromatic N) is 1. The lowest BCUT2D eigenvalue weighted by atomic mass is 9.90. The number of hydrogen-bond acceptors (Lipinski definition) is 3. The van der Waals surface area contributed by atoms with Gasteiger partial charge in [-0.05, 0) is 80.5 Å². The Bertz CT molecular complexity index is 826. The second-order valence-corrected chi connectivity index (χ2v) is 7.21. The topological polar surface area (TPSA) is 61.4 Å². The molecular weight excluding hydrogens is 350 g/mol. The van der Waals surface area contributed by atoms with Crippen molar-refractivity contribution in [2.24, 2.45) is 0 Å². The van der Waals surface area contributed by atoms with Gasteiger partial charge in [-0.25, -0.2) is 0 Å². The minimum Gasteiger partial charge on any atom is -0.372 e. The molecule has 0 radical (unpaired) electrons. The molecule has 5 nitrogen and oxygen atoms in total. The molecule has 0 spiro atoms. The van der Waals surface area contributed by atoms with Crippen LogP contribution in [0.15, 0.2) is 42.5 Å². The Morgan fingerprint density at radius 3 is 2.25 bits per heavy atom. The van der Waals surface area contributed by atoms with Crippen LogP contribution in [0, 0.1) is 0 Å². The molecule has 2 amide bonds. The zero-order valence-corrected chi connectivity index (χ0v) is 16.8. The zero-order valence-electron chi connectivity index (χ0n) is 16.8. The summed E-state index contributed by atoms with van der Waals surface area (Å²) in [5.41, 5.74) is 10.4. The number of hydrogen-bond donors (Lipinski definition) is 2. The molecule has 2 aromatic rings. The monoisotopic (exact) mass is 379 g/mol. The Hall–Kier alpha value is -2.82. The number of anilines is 1. The molecule has 0 fully saturated rings. The van der Waals surface area contributed by atoms with E-state index in [-0.39, 0.29) is 18.2 Å². The van der Waals surface area contributed by atoms with Crippen molar-refractivity contribution in [2.45, 2.75) is 46.0 Å². The van der Waals surface area contributed by atoms with E-state index in [2.05, 4.69) is 41.7 Å². The Labute approximate surface area is 167 Å². The first-order valence-electron chi connectivity index (χ1n) is 10.2. The van der Waals surface area contributed by atoms with E-state index in [1.54, 1.807) is 12.1 Å². The molecule has 148 valence electrons. The molecule has 0 unspecified atom stereocenters. The fraction of sp³-hybridized carbons (Fsp3) is 0.391. The highest BCUT2D eigenvalue weighted by atomic mass is 16.2. The van der Waals surface area contributed by atoms with Crippen LogP contribution in [-0.2, 0) is 24.1 Å². The predicted octanol–water partition coefficient (Wildman–Crippen LogP) is 3.42. The van der Waals surface area contributed by atoms with Gasteiger partial charge in [0.15, 0.2) is 0 Å². The number of benzene rings is 2. The van der Waals surface area contributed by atoms with E-state index >= 15 is 0 Å². The van der Waals surface area contributed by atoms with Crippen LogP contribution in [0.5, 0.6) is 0 Å². The van der Waals surface area contributed by atoms with Crippen LogP contribution >= 0.6 is 0 Å². The summed E-state index contributed by atoms with van der Waals surface area (Å²) in [6, 6.07) is 13.7. The second-order valence-electron chi connectivity index (χ2n) is 7.21. The summed E-state index contributed by atoms with van der Waals surface area (Å²) in [4.78, 5) is 26.7. The van der Waals surface area contributed by atoms with Crippen molar-refractivity contribution in [2.75, 3.05) is 18.0 Å². The van der Waals surface area contributed by atoms with Gasteiger partial charge in [-0.15, -0.1) is 0 Å². The first kappa shape index (κ1) is 19.9. The molecule has 1 aliphatic rings. The molecule has 0 atom stereocenters. The van der Waals surface area contributed by atoms with Crippen molar-refractivity contribution < 1.29 is 9.59 Å². The third-order valence-corrected chi connectivity index (χ3v) is 5.35. The fourth-order valence-electron chi connectivity index (χ4n) is 3.74. The summed E-state index contributed by atoms with van der Waals surface area (Å²) in [6.45, 7) is 6.03. The summed E-state index contributed by atoms with van der Waals surface area (Å²) in [5.74, 6) is -0.534. The van der Waals surface area contributed by atoms with Crippen LogP contribution in [-0.4, -0.2) is 24.9 Å². The number of aryl methyl sites for hydroxylation is 2. The summed E-state index contributed by atoms with van der Waals surface area (Å²) in [6.07, 6.45) is 4.94. The normalized spacial score (nSPS) is 12.8. The lowest BCUT2D eigenvalue weighted by molar-refractivity contribution is -0.121. The maximum Gasteiger partial charge on any atom is 0.269 e. The first-order valence-corrected chi connectivity index (χ1v) is 10.2. The molecule has 0 aromatic heterocycles. The Morgan fingerprint density at radius 2 is 1.57 bits per heavy atom. The molecule has 5 heteroatoms. The number of fused-ring (bicyclic) bond motifs is 1. The van der Waals surface area contributed by atoms with Gasteiger partial charge in [-0.2, -0.15) is 0 Å². The first-order chi connectivity index (χ1) is 13.6. The van der Waals surface area contributed by atoms with Gasteiger partial charge in [-0.1, -0.05) is 18.2 Å². The van der Waals surface area contributed by atoms with Crippen LogP contribution in [0.3, 0.4) is 0 Å². The molecule has 1 aliphatic carbocycles. The van der Waals surface area contributed by atoms with Gasteiger partial charge in [-0.3, -0.25) is 20.4 Å². The van der Waals surface area contributed by atoms with Crippen LogP contribution in [0.1, 0.15) is 53.7 Å². The highest BCUT2D eigenvalue weighted by Gasteiger charge is 2.12. The molecule has 28 heavy (non-hydrogen) atoms. The van der Waals surface area contributed by atoms with E-state index in [0.29, 0.717) is 5.56 Å². The zero-order chi connectivity index (χ0) is 19.9. The van der Waals surface area contributed by atoms with Gasteiger partial charge in [0.25, 0.3) is 5.91 Å². The van der Waals surface area contributed by atoms with Gasteiger partial charge in [0, 0.05) is 24.3 Å². The number of hydrazine groups is 1. The van der Waals surface area contributed by atoms with Crippen molar-refractivity contribution >= 4 is 17.5 Å². The van der Waals surface area contributed by atoms with E-state index < -0.39 is 0 Å². The van der Waals surface area contributed by atoms with Crippen LogP contribution in [0.25, 0.3) is 0 Å². The Balaban J connectivity index is 1.52. The number of amides is 2. The Morgan fingerprint density at radius 1 is 0.893 bits per heavy atom. The summed E-state index contributed by atoms with van der Waals surface area (Å²) < 4.78 is 0. The van der Waals surface area contributed by atoms with Gasteiger partial charge in [0.2, 0.25) is 5.91 Å². The molecular formula is C23H29N3O2. The van der Waals surface area contributed by atoms with Crippen molar-refractivity contribution in [1.82, 2.24) is 10.9 Å². The second kappa shape index (κ2) is 9.40. The molecule has 0 aliphatic heterocycles. The van der Waals surface area contributed by atoms with E-state index in [0.717, 1.165) is 37.2 Å². The van der Waals surface area contributed by atoms with Crippen LogP contribution in [0.4, 0.5) is 5.69 Å². The largest absolute Gasteiger partial charge is 0.372 e. The van der Waals surface area contributed by atoms with E-state index in [9.17, 15) is 9.59 Å². The lowest BCUT2D eigenvalue weighted by Gasteiger charge is -2.21. The number of carbonyl (C=O) groups excluding carboxylic acids is 2. The number of rotatable bonds is 6. The lowest BCUT2D eigenvalue weighted by Crippen LogP contribution is -2.42. The molecule has 2 N–H and O–H groups in total. The maximum atomic E-state index is 12.3. The third-order valence-electron chi connectivity index (χ3n) is 5.35. The highest BCUT2D eigenvalue weighted by molar-refractivity contribution is 5.95. The van der Waals surface area contributed by atoms with E-state index in [1.165, 1.54) is 24.0 Å². The SMILES string of the molecule is CCN(CC)c1ccc(C(=O)NNC(=O)Cc2ccc3c(c2)CCCC3)cc1. The summed E-state index contributed by atoms with van der Waals surface area (Å²) in [7, 11) is 0. The van der Waals surface area contributed by atoms with Gasteiger partial charge in [0.1, 0.15) is 0 Å². The predicted molar refractivity (Wildman–Crippen MR) is 112 cm³/mol. The average molecular weight is 380 g/mol. The summed E-state index contributed by atoms with van der Waals surface area (Å²) >= 11 is 0. The maximum absolute atomic E-state index is 12.3. The third kappa shape index (κ3) is 4.91. The minimum absolute atomic E-state index is 0.219. The highest BCUT2D eigenvalue weighted by Crippen LogP contribution is 2.22. The van der Waals surface area contributed by atoms with Crippen molar-refractivity contribution in [3.05, 3.63) is 64.7 Å². The van der Waals surface area contributed by atoms with Crippen molar-refractivity contribution in [3.8, 4) is 0 Å². The molecule has 0 saturated carbocycles.